The van der Waals surface area contributed by atoms with Crippen molar-refractivity contribution >= 4 is 5.91 Å². The third-order valence-electron chi connectivity index (χ3n) is 4.65. The van der Waals surface area contributed by atoms with Gasteiger partial charge in [-0.25, -0.2) is 5.43 Å². The summed E-state index contributed by atoms with van der Waals surface area (Å²) >= 11 is 0. The van der Waals surface area contributed by atoms with Crippen LogP contribution in [0, 0.1) is 12.8 Å². The molecule has 0 aromatic heterocycles. The Kier molecular flexibility index (Phi) is 5.28. The quantitative estimate of drug-likeness (QED) is 0.793. The smallest absolute Gasteiger partial charge is 0.226 e. The van der Waals surface area contributed by atoms with E-state index in [1.54, 1.807) is 0 Å². The lowest BCUT2D eigenvalue weighted by Gasteiger charge is -2.18. The molecule has 3 N–H and O–H groups in total. The first-order valence-corrected chi connectivity index (χ1v) is 8.58. The van der Waals surface area contributed by atoms with Crippen molar-refractivity contribution in [2.75, 3.05) is 6.54 Å². The van der Waals surface area contributed by atoms with Gasteiger partial charge in [-0.15, -0.1) is 0 Å². The van der Waals surface area contributed by atoms with Crippen LogP contribution in [0.15, 0.2) is 48.5 Å². The molecule has 1 aliphatic heterocycles. The van der Waals surface area contributed by atoms with Crippen molar-refractivity contribution in [2.45, 2.75) is 32.9 Å². The van der Waals surface area contributed by atoms with Crippen LogP contribution in [0.2, 0.25) is 0 Å². The standard InChI is InChI=1S/C20H25N3O/c1-3-15-6-8-16(9-7-15)12-21-20(24)18-13-22-23-19(18)17-10-4-14(2)5-11-17/h4-11,18-19,22-23H,3,12-13H2,1-2H3,(H,21,24). The lowest BCUT2D eigenvalue weighted by molar-refractivity contribution is -0.125. The number of aryl methyl sites for hydroxylation is 2. The van der Waals surface area contributed by atoms with Crippen LogP contribution >= 0.6 is 0 Å². The molecule has 4 heteroatoms. The maximum absolute atomic E-state index is 12.6. The minimum atomic E-state index is -0.109. The zero-order chi connectivity index (χ0) is 16.9. The van der Waals surface area contributed by atoms with Crippen molar-refractivity contribution in [3.63, 3.8) is 0 Å². The molecule has 0 saturated carbocycles. The Morgan fingerprint density at radius 2 is 1.75 bits per heavy atom. The Bertz CT molecular complexity index is 679. The third-order valence-corrected chi connectivity index (χ3v) is 4.65. The summed E-state index contributed by atoms with van der Waals surface area (Å²) < 4.78 is 0. The van der Waals surface area contributed by atoms with Crippen LogP contribution in [0.1, 0.15) is 35.2 Å². The lowest BCUT2D eigenvalue weighted by atomic mass is 9.93. The fraction of sp³-hybridized carbons (Fsp3) is 0.350. The van der Waals surface area contributed by atoms with E-state index in [1.165, 1.54) is 11.1 Å². The largest absolute Gasteiger partial charge is 0.352 e. The molecule has 1 heterocycles. The normalized spacial score (nSPS) is 20.1. The summed E-state index contributed by atoms with van der Waals surface area (Å²) in [6, 6.07) is 16.8. The molecule has 3 rings (SSSR count). The molecule has 126 valence electrons. The van der Waals surface area contributed by atoms with Gasteiger partial charge in [0.1, 0.15) is 0 Å². The predicted molar refractivity (Wildman–Crippen MR) is 96.2 cm³/mol. The molecule has 0 radical (unpaired) electrons. The molecule has 1 saturated heterocycles. The summed E-state index contributed by atoms with van der Waals surface area (Å²) in [5, 5.41) is 3.07. The number of hydrazine groups is 1. The second kappa shape index (κ2) is 7.60. The van der Waals surface area contributed by atoms with E-state index in [4.69, 9.17) is 0 Å². The number of amides is 1. The van der Waals surface area contributed by atoms with E-state index in [0.29, 0.717) is 13.1 Å². The lowest BCUT2D eigenvalue weighted by Crippen LogP contribution is -2.34. The highest BCUT2D eigenvalue weighted by molar-refractivity contribution is 5.80. The van der Waals surface area contributed by atoms with E-state index >= 15 is 0 Å². The number of carbonyl (C=O) groups excluding carboxylic acids is 1. The molecule has 1 fully saturated rings. The molecule has 0 spiro atoms. The van der Waals surface area contributed by atoms with Crippen LogP contribution in [0.4, 0.5) is 0 Å². The molecule has 2 atom stereocenters. The molecule has 1 amide bonds. The average molecular weight is 323 g/mol. The molecule has 2 aromatic carbocycles. The maximum Gasteiger partial charge on any atom is 0.226 e. The summed E-state index contributed by atoms with van der Waals surface area (Å²) in [6.45, 7) is 5.42. The number of rotatable bonds is 5. The first-order chi connectivity index (χ1) is 11.7. The Labute approximate surface area is 143 Å². The summed E-state index contributed by atoms with van der Waals surface area (Å²) in [6.07, 6.45) is 1.03. The fourth-order valence-electron chi connectivity index (χ4n) is 3.04. The minimum Gasteiger partial charge on any atom is -0.352 e. The Morgan fingerprint density at radius 3 is 2.42 bits per heavy atom. The maximum atomic E-state index is 12.6. The van der Waals surface area contributed by atoms with Gasteiger partial charge < -0.3 is 5.32 Å². The van der Waals surface area contributed by atoms with Crippen molar-refractivity contribution in [3.05, 3.63) is 70.8 Å². The van der Waals surface area contributed by atoms with Crippen LogP contribution in [-0.4, -0.2) is 12.5 Å². The van der Waals surface area contributed by atoms with Crippen molar-refractivity contribution in [1.82, 2.24) is 16.2 Å². The topological polar surface area (TPSA) is 53.2 Å². The van der Waals surface area contributed by atoms with Gasteiger partial charge in [0.15, 0.2) is 0 Å². The van der Waals surface area contributed by atoms with Gasteiger partial charge in [-0.2, -0.15) is 0 Å². The van der Waals surface area contributed by atoms with Gasteiger partial charge in [0.25, 0.3) is 0 Å². The number of nitrogens with one attached hydrogen (secondary N) is 3. The van der Waals surface area contributed by atoms with Gasteiger partial charge in [-0.1, -0.05) is 61.0 Å². The highest BCUT2D eigenvalue weighted by Crippen LogP contribution is 2.25. The highest BCUT2D eigenvalue weighted by atomic mass is 16.2. The molecule has 2 aromatic rings. The molecular formula is C20H25N3O. The van der Waals surface area contributed by atoms with Crippen molar-refractivity contribution in [1.29, 1.82) is 0 Å². The van der Waals surface area contributed by atoms with E-state index in [2.05, 4.69) is 78.5 Å². The van der Waals surface area contributed by atoms with Crippen LogP contribution in [0.3, 0.4) is 0 Å². The third kappa shape index (κ3) is 3.83. The van der Waals surface area contributed by atoms with E-state index in [1.807, 2.05) is 0 Å². The number of hydrogen-bond acceptors (Lipinski definition) is 3. The minimum absolute atomic E-state index is 0.00747. The Hall–Kier alpha value is -2.17. The second-order valence-electron chi connectivity index (χ2n) is 6.41. The summed E-state index contributed by atoms with van der Waals surface area (Å²) in [5.74, 6) is -0.0275. The summed E-state index contributed by atoms with van der Waals surface area (Å²) in [7, 11) is 0. The first kappa shape index (κ1) is 16.7. The zero-order valence-corrected chi connectivity index (χ0v) is 14.3. The summed E-state index contributed by atoms with van der Waals surface area (Å²) in [4.78, 5) is 12.6. The Balaban J connectivity index is 1.61. The van der Waals surface area contributed by atoms with Crippen molar-refractivity contribution in [3.8, 4) is 0 Å². The van der Waals surface area contributed by atoms with E-state index in [9.17, 15) is 4.79 Å². The van der Waals surface area contributed by atoms with Gasteiger partial charge in [0.2, 0.25) is 5.91 Å². The van der Waals surface area contributed by atoms with Crippen LogP contribution < -0.4 is 16.2 Å². The number of hydrogen-bond donors (Lipinski definition) is 3. The first-order valence-electron chi connectivity index (χ1n) is 8.58. The van der Waals surface area contributed by atoms with Crippen molar-refractivity contribution in [2.24, 2.45) is 5.92 Å². The predicted octanol–water partition coefficient (Wildman–Crippen LogP) is 2.64. The number of carbonyl (C=O) groups is 1. The fourth-order valence-corrected chi connectivity index (χ4v) is 3.04. The number of benzene rings is 2. The Morgan fingerprint density at radius 1 is 1.08 bits per heavy atom. The monoisotopic (exact) mass is 323 g/mol. The second-order valence-corrected chi connectivity index (χ2v) is 6.41. The molecule has 24 heavy (non-hydrogen) atoms. The molecular weight excluding hydrogens is 298 g/mol. The molecule has 0 bridgehead atoms. The van der Waals surface area contributed by atoms with Crippen LogP contribution in [0.5, 0.6) is 0 Å². The van der Waals surface area contributed by atoms with Gasteiger partial charge in [-0.3, -0.25) is 10.2 Å². The highest BCUT2D eigenvalue weighted by Gasteiger charge is 2.33. The van der Waals surface area contributed by atoms with Gasteiger partial charge >= 0.3 is 0 Å². The van der Waals surface area contributed by atoms with Gasteiger partial charge in [0.05, 0.1) is 12.0 Å². The summed E-state index contributed by atoms with van der Waals surface area (Å²) in [5.41, 5.74) is 11.1. The van der Waals surface area contributed by atoms with Crippen LogP contribution in [0.25, 0.3) is 0 Å². The van der Waals surface area contributed by atoms with E-state index in [0.717, 1.165) is 17.5 Å². The molecule has 1 aliphatic rings. The van der Waals surface area contributed by atoms with Gasteiger partial charge in [0, 0.05) is 13.1 Å². The average Bonchev–Trinajstić information content (AvgIpc) is 3.10. The van der Waals surface area contributed by atoms with E-state index in [-0.39, 0.29) is 17.9 Å². The van der Waals surface area contributed by atoms with E-state index < -0.39 is 0 Å². The van der Waals surface area contributed by atoms with Crippen molar-refractivity contribution < 1.29 is 4.79 Å². The SMILES string of the molecule is CCc1ccc(CNC(=O)C2CNNC2c2ccc(C)cc2)cc1. The van der Waals surface area contributed by atoms with Gasteiger partial charge in [-0.05, 0) is 30.0 Å². The molecule has 2 unspecified atom stereocenters. The zero-order valence-electron chi connectivity index (χ0n) is 14.3. The van der Waals surface area contributed by atoms with Crippen LogP contribution in [-0.2, 0) is 17.8 Å². The molecule has 0 aliphatic carbocycles. The molecule has 4 nitrogen and oxygen atoms in total.